The summed E-state index contributed by atoms with van der Waals surface area (Å²) in [5.74, 6) is 1.83. The Kier molecular flexibility index (Phi) is 3.20. The van der Waals surface area contributed by atoms with Crippen molar-refractivity contribution in [2.45, 2.75) is 17.7 Å². The van der Waals surface area contributed by atoms with E-state index in [0.717, 1.165) is 34.0 Å². The number of rotatable bonds is 3. The maximum Gasteiger partial charge on any atom is 0.139 e. The number of para-hydroxylation sites is 1. The van der Waals surface area contributed by atoms with Gasteiger partial charge in [0.05, 0.1) is 5.52 Å². The summed E-state index contributed by atoms with van der Waals surface area (Å²) < 4.78 is 0. The van der Waals surface area contributed by atoms with E-state index in [1.165, 1.54) is 12.8 Å². The van der Waals surface area contributed by atoms with Gasteiger partial charge in [-0.25, -0.2) is 9.97 Å². The summed E-state index contributed by atoms with van der Waals surface area (Å²) in [6, 6.07) is 8.18. The van der Waals surface area contributed by atoms with E-state index in [9.17, 15) is 0 Å². The van der Waals surface area contributed by atoms with Gasteiger partial charge in [0.1, 0.15) is 12.1 Å². The van der Waals surface area contributed by atoms with Crippen molar-refractivity contribution in [3.8, 4) is 0 Å². The molecule has 1 heterocycles. The van der Waals surface area contributed by atoms with Crippen LogP contribution in [-0.4, -0.2) is 28.4 Å². The van der Waals surface area contributed by atoms with Gasteiger partial charge in [-0.1, -0.05) is 28.1 Å². The fourth-order valence-corrected chi connectivity index (χ4v) is 3.63. The van der Waals surface area contributed by atoms with Gasteiger partial charge in [0.2, 0.25) is 0 Å². The zero-order valence-corrected chi connectivity index (χ0v) is 12.0. The molecule has 1 aromatic heterocycles. The molecule has 0 saturated heterocycles. The van der Waals surface area contributed by atoms with Gasteiger partial charge in [0.25, 0.3) is 0 Å². The Morgan fingerprint density at radius 2 is 2.06 bits per heavy atom. The van der Waals surface area contributed by atoms with Crippen molar-refractivity contribution in [2.75, 3.05) is 18.5 Å². The zero-order chi connectivity index (χ0) is 12.5. The molecule has 0 aliphatic heterocycles. The van der Waals surface area contributed by atoms with Crippen LogP contribution >= 0.6 is 15.9 Å². The van der Waals surface area contributed by atoms with Crippen molar-refractivity contribution in [1.82, 2.24) is 9.97 Å². The summed E-state index contributed by atoms with van der Waals surface area (Å²) in [6.45, 7) is 1.07. The Morgan fingerprint density at radius 1 is 1.28 bits per heavy atom. The Hall–Kier alpha value is -1.16. The van der Waals surface area contributed by atoms with Gasteiger partial charge < -0.3 is 4.90 Å². The normalized spacial score (nSPS) is 22.8. The number of anilines is 1. The Morgan fingerprint density at radius 3 is 2.83 bits per heavy atom. The lowest BCUT2D eigenvalue weighted by Gasteiger charge is -2.35. The molecule has 4 heteroatoms. The number of fused-ring (bicyclic) bond motifs is 1. The van der Waals surface area contributed by atoms with Crippen LogP contribution < -0.4 is 4.90 Å². The summed E-state index contributed by atoms with van der Waals surface area (Å²) >= 11 is 3.64. The monoisotopic (exact) mass is 305 g/mol. The fourth-order valence-electron chi connectivity index (χ4n) is 2.57. The van der Waals surface area contributed by atoms with E-state index in [0.29, 0.717) is 0 Å². The average molecular weight is 306 g/mol. The predicted octanol–water partition coefficient (Wildman–Crippen LogP) is 3.24. The topological polar surface area (TPSA) is 29.0 Å². The molecule has 1 aliphatic carbocycles. The lowest BCUT2D eigenvalue weighted by Crippen LogP contribution is -2.35. The van der Waals surface area contributed by atoms with Crippen LogP contribution in [0.3, 0.4) is 0 Å². The molecule has 1 fully saturated rings. The summed E-state index contributed by atoms with van der Waals surface area (Å²) in [6.07, 6.45) is 4.20. The van der Waals surface area contributed by atoms with Crippen LogP contribution in [0, 0.1) is 5.92 Å². The summed E-state index contributed by atoms with van der Waals surface area (Å²) in [5.41, 5.74) is 1.02. The number of alkyl halides is 1. The van der Waals surface area contributed by atoms with Crippen molar-refractivity contribution in [3.63, 3.8) is 0 Å². The molecule has 0 unspecified atom stereocenters. The molecular weight excluding hydrogens is 290 g/mol. The van der Waals surface area contributed by atoms with Crippen molar-refractivity contribution in [2.24, 2.45) is 5.92 Å². The molecule has 1 saturated carbocycles. The molecular formula is C14H16BrN3. The van der Waals surface area contributed by atoms with Crippen LogP contribution in [0.1, 0.15) is 12.8 Å². The van der Waals surface area contributed by atoms with Gasteiger partial charge in [0, 0.05) is 23.8 Å². The van der Waals surface area contributed by atoms with Crippen LogP contribution in [0.4, 0.5) is 5.82 Å². The number of nitrogens with zero attached hydrogens (tertiary/aromatic N) is 3. The first kappa shape index (κ1) is 11.9. The molecule has 94 valence electrons. The molecule has 1 aromatic carbocycles. The Bertz CT molecular complexity index is 546. The molecule has 3 rings (SSSR count). The first-order valence-electron chi connectivity index (χ1n) is 6.29. The highest BCUT2D eigenvalue weighted by molar-refractivity contribution is 9.09. The number of aromatic nitrogens is 2. The highest BCUT2D eigenvalue weighted by Gasteiger charge is 2.28. The summed E-state index contributed by atoms with van der Waals surface area (Å²) in [4.78, 5) is 11.7. The van der Waals surface area contributed by atoms with Crippen molar-refractivity contribution in [3.05, 3.63) is 30.6 Å². The fraction of sp³-hybridized carbons (Fsp3) is 0.429. The number of halogens is 1. The van der Waals surface area contributed by atoms with E-state index in [4.69, 9.17) is 0 Å². The van der Waals surface area contributed by atoms with Gasteiger partial charge in [0.15, 0.2) is 0 Å². The van der Waals surface area contributed by atoms with E-state index in [-0.39, 0.29) is 0 Å². The third-order valence-corrected chi connectivity index (χ3v) is 4.34. The standard InChI is InChI=1S/C14H16BrN3/c1-18(8-10-6-11(15)7-10)14-12-4-2-3-5-13(12)16-9-17-14/h2-5,9-11H,6-8H2,1H3. The molecule has 0 amide bonds. The number of hydrogen-bond acceptors (Lipinski definition) is 3. The third kappa shape index (κ3) is 2.21. The first-order valence-corrected chi connectivity index (χ1v) is 7.20. The second-order valence-electron chi connectivity index (χ2n) is 5.03. The molecule has 3 nitrogen and oxygen atoms in total. The van der Waals surface area contributed by atoms with Crippen LogP contribution in [0.25, 0.3) is 10.9 Å². The lowest BCUT2D eigenvalue weighted by molar-refractivity contribution is 0.339. The predicted molar refractivity (Wildman–Crippen MR) is 78.2 cm³/mol. The van der Waals surface area contributed by atoms with E-state index in [2.05, 4.69) is 43.9 Å². The lowest BCUT2D eigenvalue weighted by atomic mass is 9.85. The maximum absolute atomic E-state index is 4.44. The molecule has 18 heavy (non-hydrogen) atoms. The third-order valence-electron chi connectivity index (χ3n) is 3.59. The quantitative estimate of drug-likeness (QED) is 0.815. The molecule has 0 radical (unpaired) electrons. The van der Waals surface area contributed by atoms with Gasteiger partial charge in [-0.15, -0.1) is 0 Å². The average Bonchev–Trinajstić information content (AvgIpc) is 2.36. The van der Waals surface area contributed by atoms with Gasteiger partial charge in [-0.3, -0.25) is 0 Å². The Balaban J connectivity index is 1.84. The van der Waals surface area contributed by atoms with Crippen molar-refractivity contribution in [1.29, 1.82) is 0 Å². The van der Waals surface area contributed by atoms with Crippen LogP contribution in [-0.2, 0) is 0 Å². The highest BCUT2D eigenvalue weighted by atomic mass is 79.9. The van der Waals surface area contributed by atoms with Crippen molar-refractivity contribution < 1.29 is 0 Å². The van der Waals surface area contributed by atoms with E-state index < -0.39 is 0 Å². The van der Waals surface area contributed by atoms with Crippen LogP contribution in [0.15, 0.2) is 30.6 Å². The first-order chi connectivity index (χ1) is 8.74. The molecule has 0 spiro atoms. The number of benzene rings is 1. The largest absolute Gasteiger partial charge is 0.359 e. The Labute approximate surface area is 115 Å². The van der Waals surface area contributed by atoms with E-state index >= 15 is 0 Å². The molecule has 2 aromatic rings. The smallest absolute Gasteiger partial charge is 0.139 e. The maximum atomic E-state index is 4.44. The minimum absolute atomic E-state index is 0.720. The van der Waals surface area contributed by atoms with Gasteiger partial charge >= 0.3 is 0 Å². The zero-order valence-electron chi connectivity index (χ0n) is 10.4. The summed E-state index contributed by atoms with van der Waals surface area (Å²) in [5, 5.41) is 1.14. The van der Waals surface area contributed by atoms with Crippen molar-refractivity contribution >= 4 is 32.7 Å². The highest BCUT2D eigenvalue weighted by Crippen LogP contribution is 2.34. The minimum Gasteiger partial charge on any atom is -0.359 e. The van der Waals surface area contributed by atoms with Crippen LogP contribution in [0.2, 0.25) is 0 Å². The SMILES string of the molecule is CN(CC1CC(Br)C1)c1ncnc2ccccc12. The number of hydrogen-bond donors (Lipinski definition) is 0. The van der Waals surface area contributed by atoms with Crippen LogP contribution in [0.5, 0.6) is 0 Å². The van der Waals surface area contributed by atoms with E-state index in [1.54, 1.807) is 6.33 Å². The van der Waals surface area contributed by atoms with Gasteiger partial charge in [-0.2, -0.15) is 0 Å². The second-order valence-corrected chi connectivity index (χ2v) is 6.32. The minimum atomic E-state index is 0.720. The second kappa shape index (κ2) is 4.84. The molecule has 1 aliphatic rings. The molecule has 0 atom stereocenters. The summed E-state index contributed by atoms with van der Waals surface area (Å²) in [7, 11) is 2.12. The van der Waals surface area contributed by atoms with Gasteiger partial charge in [-0.05, 0) is 30.9 Å². The molecule has 0 N–H and O–H groups in total. The van der Waals surface area contributed by atoms with E-state index in [1.807, 2.05) is 18.2 Å². The molecule has 0 bridgehead atoms.